The smallest absolute Gasteiger partial charge is 0.253 e. The van der Waals surface area contributed by atoms with Crippen molar-refractivity contribution in [3.8, 4) is 0 Å². The number of carbonyl (C=O) groups excluding carboxylic acids is 1. The van der Waals surface area contributed by atoms with E-state index in [0.29, 0.717) is 22.3 Å². The molecule has 1 amide bonds. The largest absolute Gasteiger partial charge is 0.398 e. The zero-order valence-electron chi connectivity index (χ0n) is 9.00. The number of hydrogen-bond acceptors (Lipinski definition) is 2. The van der Waals surface area contributed by atoms with E-state index >= 15 is 0 Å². The number of rotatable bonds is 2. The molecule has 0 bridgehead atoms. The summed E-state index contributed by atoms with van der Waals surface area (Å²) in [5.41, 5.74) is 6.57. The Balaban J connectivity index is 2.11. The first-order valence-electron chi connectivity index (χ1n) is 5.53. The monoisotopic (exact) mass is 238 g/mol. The van der Waals surface area contributed by atoms with Crippen LogP contribution in [0.5, 0.6) is 0 Å². The SMILES string of the molecule is Nc1cccc(C(=O)NC2CCCC2)c1Cl. The summed E-state index contributed by atoms with van der Waals surface area (Å²) in [6, 6.07) is 5.42. The minimum atomic E-state index is -0.121. The van der Waals surface area contributed by atoms with Gasteiger partial charge in [-0.05, 0) is 25.0 Å². The highest BCUT2D eigenvalue weighted by Crippen LogP contribution is 2.24. The number of carbonyl (C=O) groups is 1. The maximum absolute atomic E-state index is 11.9. The Bertz CT molecular complexity index is 400. The zero-order valence-corrected chi connectivity index (χ0v) is 9.76. The Hall–Kier alpha value is -1.22. The summed E-state index contributed by atoms with van der Waals surface area (Å²) in [5, 5.41) is 3.33. The quantitative estimate of drug-likeness (QED) is 0.779. The van der Waals surface area contributed by atoms with Gasteiger partial charge in [-0.2, -0.15) is 0 Å². The van der Waals surface area contributed by atoms with Crippen LogP contribution in [0, 0.1) is 0 Å². The normalized spacial score (nSPS) is 16.3. The summed E-state index contributed by atoms with van der Waals surface area (Å²) in [7, 11) is 0. The molecule has 0 saturated heterocycles. The molecule has 0 aliphatic heterocycles. The Labute approximate surface area is 100.0 Å². The van der Waals surface area contributed by atoms with Gasteiger partial charge in [0.05, 0.1) is 16.3 Å². The van der Waals surface area contributed by atoms with Gasteiger partial charge in [-0.25, -0.2) is 0 Å². The van der Waals surface area contributed by atoms with Crippen molar-refractivity contribution in [2.45, 2.75) is 31.7 Å². The van der Waals surface area contributed by atoms with E-state index in [4.69, 9.17) is 17.3 Å². The maximum Gasteiger partial charge on any atom is 0.253 e. The van der Waals surface area contributed by atoms with Crippen LogP contribution in [0.1, 0.15) is 36.0 Å². The van der Waals surface area contributed by atoms with E-state index in [1.54, 1.807) is 18.2 Å². The molecule has 2 rings (SSSR count). The lowest BCUT2D eigenvalue weighted by Gasteiger charge is -2.13. The van der Waals surface area contributed by atoms with Crippen LogP contribution < -0.4 is 11.1 Å². The van der Waals surface area contributed by atoms with Crippen molar-refractivity contribution in [2.75, 3.05) is 5.73 Å². The number of nitrogen functional groups attached to an aromatic ring is 1. The van der Waals surface area contributed by atoms with E-state index in [1.807, 2.05) is 0 Å². The predicted octanol–water partition coefficient (Wildman–Crippen LogP) is 2.59. The molecule has 0 radical (unpaired) electrons. The summed E-state index contributed by atoms with van der Waals surface area (Å²) >= 11 is 5.99. The first kappa shape index (κ1) is 11.3. The van der Waals surface area contributed by atoms with Crippen molar-refractivity contribution in [3.05, 3.63) is 28.8 Å². The van der Waals surface area contributed by atoms with Crippen LogP contribution in [0.15, 0.2) is 18.2 Å². The van der Waals surface area contributed by atoms with Gasteiger partial charge in [0.25, 0.3) is 5.91 Å². The van der Waals surface area contributed by atoms with Crippen LogP contribution in [-0.4, -0.2) is 11.9 Å². The summed E-state index contributed by atoms with van der Waals surface area (Å²) in [6.45, 7) is 0. The minimum Gasteiger partial charge on any atom is -0.398 e. The Morgan fingerprint density at radius 1 is 1.38 bits per heavy atom. The predicted molar refractivity (Wildman–Crippen MR) is 65.6 cm³/mol. The summed E-state index contributed by atoms with van der Waals surface area (Å²) in [6.07, 6.45) is 4.50. The average Bonchev–Trinajstić information content (AvgIpc) is 2.74. The van der Waals surface area contributed by atoms with Gasteiger partial charge < -0.3 is 11.1 Å². The van der Waals surface area contributed by atoms with E-state index in [-0.39, 0.29) is 5.91 Å². The van der Waals surface area contributed by atoms with E-state index in [0.717, 1.165) is 12.8 Å². The maximum atomic E-state index is 11.9. The molecule has 0 atom stereocenters. The number of hydrogen-bond donors (Lipinski definition) is 2. The van der Waals surface area contributed by atoms with Crippen LogP contribution in [0.25, 0.3) is 0 Å². The molecule has 1 aromatic carbocycles. The molecule has 3 nitrogen and oxygen atoms in total. The topological polar surface area (TPSA) is 55.1 Å². The van der Waals surface area contributed by atoms with Crippen molar-refractivity contribution in [1.82, 2.24) is 5.32 Å². The van der Waals surface area contributed by atoms with Gasteiger partial charge in [0.2, 0.25) is 0 Å². The van der Waals surface area contributed by atoms with Crippen LogP contribution >= 0.6 is 11.6 Å². The highest BCUT2D eigenvalue weighted by molar-refractivity contribution is 6.36. The lowest BCUT2D eigenvalue weighted by Crippen LogP contribution is -2.32. The molecular weight excluding hydrogens is 224 g/mol. The third-order valence-electron chi connectivity index (χ3n) is 2.96. The van der Waals surface area contributed by atoms with E-state index < -0.39 is 0 Å². The second-order valence-electron chi connectivity index (χ2n) is 4.16. The van der Waals surface area contributed by atoms with Gasteiger partial charge in [0.15, 0.2) is 0 Å². The van der Waals surface area contributed by atoms with Gasteiger partial charge >= 0.3 is 0 Å². The molecular formula is C12H15ClN2O. The fraction of sp³-hybridized carbons (Fsp3) is 0.417. The first-order chi connectivity index (χ1) is 7.68. The number of nitrogens with two attached hydrogens (primary N) is 1. The van der Waals surface area contributed by atoms with Gasteiger partial charge in [0.1, 0.15) is 0 Å². The summed E-state index contributed by atoms with van der Waals surface area (Å²) < 4.78 is 0. The van der Waals surface area contributed by atoms with Crippen LogP contribution in [-0.2, 0) is 0 Å². The third-order valence-corrected chi connectivity index (χ3v) is 3.39. The second-order valence-corrected chi connectivity index (χ2v) is 4.54. The third kappa shape index (κ3) is 2.30. The Morgan fingerprint density at radius 3 is 2.75 bits per heavy atom. The fourth-order valence-corrected chi connectivity index (χ4v) is 2.27. The molecule has 1 aliphatic rings. The molecule has 0 aromatic heterocycles. The zero-order chi connectivity index (χ0) is 11.5. The first-order valence-corrected chi connectivity index (χ1v) is 5.91. The van der Waals surface area contributed by atoms with E-state index in [9.17, 15) is 4.79 Å². The van der Waals surface area contributed by atoms with Crippen LogP contribution in [0.3, 0.4) is 0 Å². The number of benzene rings is 1. The summed E-state index contributed by atoms with van der Waals surface area (Å²) in [5.74, 6) is -0.121. The number of nitrogens with one attached hydrogen (secondary N) is 1. The number of amides is 1. The fourth-order valence-electron chi connectivity index (χ4n) is 2.06. The summed E-state index contributed by atoms with van der Waals surface area (Å²) in [4.78, 5) is 11.9. The van der Waals surface area contributed by atoms with Crippen LogP contribution in [0.4, 0.5) is 5.69 Å². The number of halogens is 1. The molecule has 1 fully saturated rings. The standard InChI is InChI=1S/C12H15ClN2O/c13-11-9(6-3-7-10(11)14)12(16)15-8-4-1-2-5-8/h3,6-8H,1-2,4-5,14H2,(H,15,16). The Morgan fingerprint density at radius 2 is 2.06 bits per heavy atom. The number of anilines is 1. The molecule has 3 N–H and O–H groups in total. The molecule has 0 spiro atoms. The molecule has 1 aromatic rings. The molecule has 1 saturated carbocycles. The highest BCUT2D eigenvalue weighted by Gasteiger charge is 2.19. The van der Waals surface area contributed by atoms with Crippen molar-refractivity contribution in [2.24, 2.45) is 0 Å². The van der Waals surface area contributed by atoms with Crippen molar-refractivity contribution >= 4 is 23.2 Å². The van der Waals surface area contributed by atoms with Gasteiger partial charge in [-0.3, -0.25) is 4.79 Å². The molecule has 0 unspecified atom stereocenters. The van der Waals surface area contributed by atoms with Crippen molar-refractivity contribution in [1.29, 1.82) is 0 Å². The molecule has 0 heterocycles. The van der Waals surface area contributed by atoms with Gasteiger partial charge in [-0.1, -0.05) is 30.5 Å². The van der Waals surface area contributed by atoms with Gasteiger partial charge in [0, 0.05) is 6.04 Å². The minimum absolute atomic E-state index is 0.121. The molecule has 4 heteroatoms. The molecule has 86 valence electrons. The Kier molecular flexibility index (Phi) is 3.34. The second kappa shape index (κ2) is 4.74. The van der Waals surface area contributed by atoms with Crippen molar-refractivity contribution < 1.29 is 4.79 Å². The van der Waals surface area contributed by atoms with Crippen LogP contribution in [0.2, 0.25) is 5.02 Å². The lowest BCUT2D eigenvalue weighted by molar-refractivity contribution is 0.0938. The van der Waals surface area contributed by atoms with Gasteiger partial charge in [-0.15, -0.1) is 0 Å². The highest BCUT2D eigenvalue weighted by atomic mass is 35.5. The molecule has 16 heavy (non-hydrogen) atoms. The lowest BCUT2D eigenvalue weighted by atomic mass is 10.1. The van der Waals surface area contributed by atoms with Crippen molar-refractivity contribution in [3.63, 3.8) is 0 Å². The van der Waals surface area contributed by atoms with E-state index in [1.165, 1.54) is 12.8 Å². The van der Waals surface area contributed by atoms with E-state index in [2.05, 4.69) is 5.32 Å². The average molecular weight is 239 g/mol. The molecule has 1 aliphatic carbocycles.